The van der Waals surface area contributed by atoms with Crippen LogP contribution in [0.4, 0.5) is 4.39 Å². The molecule has 82 valence electrons. The molecule has 2 fully saturated rings. The van der Waals surface area contributed by atoms with Crippen LogP contribution in [0.3, 0.4) is 0 Å². The molecule has 2 saturated heterocycles. The van der Waals surface area contributed by atoms with E-state index in [2.05, 4.69) is 4.90 Å². The summed E-state index contributed by atoms with van der Waals surface area (Å²) in [4.78, 5) is 2.09. The quantitative estimate of drug-likeness (QED) is 0.664. The normalized spacial score (nSPS) is 46.6. The summed E-state index contributed by atoms with van der Waals surface area (Å²) < 4.78 is 30.5. The van der Waals surface area contributed by atoms with Crippen LogP contribution in [-0.2, 0) is 0 Å². The second kappa shape index (κ2) is 3.48. The van der Waals surface area contributed by atoms with Gasteiger partial charge in [-0.05, 0) is 45.0 Å². The van der Waals surface area contributed by atoms with E-state index in [0.29, 0.717) is 6.42 Å². The molecule has 0 radical (unpaired) electrons. The molecular weight excluding hydrogens is 177 g/mol. The van der Waals surface area contributed by atoms with Crippen LogP contribution in [-0.4, -0.2) is 29.2 Å². The topological polar surface area (TPSA) is 3.24 Å². The molecule has 0 unspecified atom stereocenters. The molecule has 0 bridgehead atoms. The van der Waals surface area contributed by atoms with Gasteiger partial charge >= 0.3 is 0 Å². The summed E-state index contributed by atoms with van der Waals surface area (Å²) in [5, 5.41) is 0. The first kappa shape index (κ1) is 8.09. The minimum atomic E-state index is -1.29. The van der Waals surface area contributed by atoms with Crippen molar-refractivity contribution in [3.05, 3.63) is 0 Å². The summed E-state index contributed by atoms with van der Waals surface area (Å²) in [6, 6.07) is -0.115. The first-order chi connectivity index (χ1) is 7.33. The van der Waals surface area contributed by atoms with Crippen LogP contribution in [0.5, 0.6) is 0 Å². The van der Waals surface area contributed by atoms with Crippen molar-refractivity contribution >= 4 is 0 Å². The lowest BCUT2D eigenvalue weighted by molar-refractivity contribution is 0.128. The van der Waals surface area contributed by atoms with Crippen LogP contribution in [0.1, 0.15) is 49.1 Å². The summed E-state index contributed by atoms with van der Waals surface area (Å²) >= 11 is 0. The van der Waals surface area contributed by atoms with E-state index < -0.39 is 18.1 Å². The van der Waals surface area contributed by atoms with Crippen molar-refractivity contribution in [1.82, 2.24) is 4.90 Å². The zero-order valence-electron chi connectivity index (χ0n) is 11.4. The Balaban J connectivity index is 2.36. The molecule has 2 aliphatic heterocycles. The molecule has 0 N–H and O–H groups in total. The van der Waals surface area contributed by atoms with Gasteiger partial charge in [-0.15, -0.1) is 0 Å². The second-order valence-corrected chi connectivity index (χ2v) is 5.09. The number of alkyl halides is 1. The van der Waals surface area contributed by atoms with Crippen LogP contribution in [0.2, 0.25) is 0 Å². The van der Waals surface area contributed by atoms with Crippen molar-refractivity contribution in [2.45, 2.75) is 64.2 Å². The highest BCUT2D eigenvalue weighted by molar-refractivity contribution is 5.07. The fourth-order valence-corrected chi connectivity index (χ4v) is 3.15. The highest BCUT2D eigenvalue weighted by atomic mass is 19.1. The number of fused-ring (bicyclic) bond motifs is 1. The van der Waals surface area contributed by atoms with Gasteiger partial charge in [0.25, 0.3) is 0 Å². The lowest BCUT2D eigenvalue weighted by atomic mass is 9.85. The zero-order chi connectivity index (χ0) is 12.1. The SMILES string of the molecule is [2H]C([2H])(C(C)C)[C@@]12CCCN1[C@@H](C)[C@H](F)C2. The Morgan fingerprint density at radius 3 is 3.00 bits per heavy atom. The molecule has 0 aromatic carbocycles. The standard InChI is InChI=1S/C12H22FN/c1-9(2)7-12-5-4-6-14(12)10(3)11(13)8-12/h9-11H,4-8H2,1-3H3/t10-,11+,12+/m0/s1/i7D2. The van der Waals surface area contributed by atoms with E-state index in [9.17, 15) is 4.39 Å². The molecule has 0 saturated carbocycles. The van der Waals surface area contributed by atoms with Crippen LogP contribution < -0.4 is 0 Å². The first-order valence-corrected chi connectivity index (χ1v) is 5.74. The van der Waals surface area contributed by atoms with Crippen LogP contribution >= 0.6 is 0 Å². The van der Waals surface area contributed by atoms with E-state index in [-0.39, 0.29) is 12.0 Å². The van der Waals surface area contributed by atoms with Gasteiger partial charge in [0.15, 0.2) is 0 Å². The number of hydrogen-bond acceptors (Lipinski definition) is 1. The number of nitrogens with zero attached hydrogens (tertiary/aromatic N) is 1. The molecular formula is C12H22FN. The molecule has 14 heavy (non-hydrogen) atoms. The molecule has 0 aromatic rings. The Morgan fingerprint density at radius 1 is 1.64 bits per heavy atom. The van der Waals surface area contributed by atoms with E-state index in [4.69, 9.17) is 2.74 Å². The molecule has 2 heterocycles. The van der Waals surface area contributed by atoms with Crippen molar-refractivity contribution in [1.29, 1.82) is 0 Å². The summed E-state index contributed by atoms with van der Waals surface area (Å²) in [5.74, 6) is -0.0643. The van der Waals surface area contributed by atoms with Crippen molar-refractivity contribution < 1.29 is 7.13 Å². The molecule has 0 amide bonds. The monoisotopic (exact) mass is 201 g/mol. The summed E-state index contributed by atoms with van der Waals surface area (Å²) in [5.41, 5.74) is -0.542. The Bertz CT molecular complexity index is 282. The second-order valence-electron chi connectivity index (χ2n) is 5.09. The van der Waals surface area contributed by atoms with Gasteiger partial charge < -0.3 is 0 Å². The van der Waals surface area contributed by atoms with Gasteiger partial charge in [0, 0.05) is 14.3 Å². The summed E-state index contributed by atoms with van der Waals surface area (Å²) in [6.07, 6.45) is 0.0265. The van der Waals surface area contributed by atoms with Gasteiger partial charge in [0.2, 0.25) is 0 Å². The molecule has 0 aromatic heterocycles. The van der Waals surface area contributed by atoms with Gasteiger partial charge in [-0.2, -0.15) is 0 Å². The van der Waals surface area contributed by atoms with E-state index in [1.165, 1.54) is 0 Å². The van der Waals surface area contributed by atoms with E-state index in [0.717, 1.165) is 19.4 Å². The van der Waals surface area contributed by atoms with E-state index >= 15 is 0 Å². The zero-order valence-corrected chi connectivity index (χ0v) is 9.39. The first-order valence-electron chi connectivity index (χ1n) is 6.74. The van der Waals surface area contributed by atoms with Crippen LogP contribution in [0.15, 0.2) is 0 Å². The lowest BCUT2D eigenvalue weighted by Crippen LogP contribution is -2.42. The predicted molar refractivity (Wildman–Crippen MR) is 57.1 cm³/mol. The Morgan fingerprint density at radius 2 is 2.36 bits per heavy atom. The maximum Gasteiger partial charge on any atom is 0.117 e. The number of rotatable bonds is 2. The number of hydrogen-bond donors (Lipinski definition) is 0. The third-order valence-electron chi connectivity index (χ3n) is 3.64. The van der Waals surface area contributed by atoms with Crippen LogP contribution in [0.25, 0.3) is 0 Å². The van der Waals surface area contributed by atoms with Crippen molar-refractivity contribution in [3.8, 4) is 0 Å². The summed E-state index contributed by atoms with van der Waals surface area (Å²) in [6.45, 7) is 6.56. The third kappa shape index (κ3) is 1.48. The van der Waals surface area contributed by atoms with Gasteiger partial charge in [-0.25, -0.2) is 4.39 Å². The molecule has 1 nitrogen and oxygen atoms in total. The highest BCUT2D eigenvalue weighted by Gasteiger charge is 2.52. The highest BCUT2D eigenvalue weighted by Crippen LogP contribution is 2.46. The molecule has 0 aliphatic carbocycles. The fraction of sp³-hybridized carbons (Fsp3) is 1.00. The van der Waals surface area contributed by atoms with Gasteiger partial charge in [-0.3, -0.25) is 4.90 Å². The fourth-order valence-electron chi connectivity index (χ4n) is 3.15. The van der Waals surface area contributed by atoms with Crippen molar-refractivity contribution in [2.24, 2.45) is 5.92 Å². The minimum absolute atomic E-state index is 0.0643. The Hall–Kier alpha value is -0.110. The number of halogens is 1. The lowest BCUT2D eigenvalue weighted by Gasteiger charge is -2.35. The van der Waals surface area contributed by atoms with Gasteiger partial charge in [0.05, 0.1) is 0 Å². The minimum Gasteiger partial charge on any atom is -0.292 e. The average molecular weight is 201 g/mol. The smallest absolute Gasteiger partial charge is 0.117 e. The summed E-state index contributed by atoms with van der Waals surface area (Å²) in [7, 11) is 0. The largest absolute Gasteiger partial charge is 0.292 e. The average Bonchev–Trinajstić information content (AvgIpc) is 2.69. The molecule has 0 spiro atoms. The van der Waals surface area contributed by atoms with Crippen LogP contribution in [0, 0.1) is 5.92 Å². The molecule has 2 aliphatic rings. The van der Waals surface area contributed by atoms with Crippen molar-refractivity contribution in [3.63, 3.8) is 0 Å². The predicted octanol–water partition coefficient (Wildman–Crippen LogP) is 3.00. The maximum atomic E-state index is 13.9. The van der Waals surface area contributed by atoms with E-state index in [1.807, 2.05) is 20.8 Å². The maximum absolute atomic E-state index is 13.9. The third-order valence-corrected chi connectivity index (χ3v) is 3.64. The van der Waals surface area contributed by atoms with Gasteiger partial charge in [0.1, 0.15) is 6.17 Å². The molecule has 2 heteroatoms. The van der Waals surface area contributed by atoms with Gasteiger partial charge in [-0.1, -0.05) is 13.8 Å². The Labute approximate surface area is 89.5 Å². The van der Waals surface area contributed by atoms with E-state index in [1.54, 1.807) is 0 Å². The van der Waals surface area contributed by atoms with Crippen molar-refractivity contribution in [2.75, 3.05) is 6.54 Å². The Kier molecular flexibility index (Phi) is 2.01. The molecule has 3 atom stereocenters. The molecule has 2 rings (SSSR count).